The quantitative estimate of drug-likeness (QED) is 0.301. The zero-order chi connectivity index (χ0) is 13.9. The van der Waals surface area contributed by atoms with E-state index in [9.17, 15) is 13.0 Å². The van der Waals surface area contributed by atoms with E-state index in [1.807, 2.05) is 37.3 Å². The summed E-state index contributed by atoms with van der Waals surface area (Å²) in [5, 5.41) is 1.16. The molecule has 0 aliphatic rings. The van der Waals surface area contributed by atoms with Gasteiger partial charge < -0.3 is 4.55 Å². The van der Waals surface area contributed by atoms with Gasteiger partial charge in [-0.1, -0.05) is 12.1 Å². The van der Waals surface area contributed by atoms with Gasteiger partial charge in [0.05, 0.1) is 10.1 Å². The van der Waals surface area contributed by atoms with Crippen LogP contribution in [0.1, 0.15) is 18.5 Å². The normalized spacial score (nSPS) is 11.3. The van der Waals surface area contributed by atoms with Crippen molar-refractivity contribution in [1.29, 1.82) is 0 Å². The van der Waals surface area contributed by atoms with Gasteiger partial charge >= 0.3 is 29.6 Å². The number of unbranched alkanes of at least 4 members (excludes halogenated alkanes) is 1. The van der Waals surface area contributed by atoms with Crippen molar-refractivity contribution in [2.75, 3.05) is 5.75 Å². The fourth-order valence-electron chi connectivity index (χ4n) is 2.21. The van der Waals surface area contributed by atoms with Crippen LogP contribution in [0.2, 0.25) is 0 Å². The first-order chi connectivity index (χ1) is 8.97. The number of hydrogen-bond donors (Lipinski definition) is 0. The molecule has 20 heavy (non-hydrogen) atoms. The Morgan fingerprint density at radius 2 is 1.80 bits per heavy atom. The number of aryl methyl sites for hydroxylation is 2. The smallest absolute Gasteiger partial charge is 0.748 e. The van der Waals surface area contributed by atoms with Crippen molar-refractivity contribution in [3.8, 4) is 0 Å². The zero-order valence-electron chi connectivity index (χ0n) is 11.9. The van der Waals surface area contributed by atoms with Crippen molar-refractivity contribution in [3.05, 3.63) is 42.1 Å². The third-order valence-corrected chi connectivity index (χ3v) is 3.97. The Bertz CT molecular complexity index is 686. The van der Waals surface area contributed by atoms with E-state index in [0.717, 1.165) is 23.1 Å². The first-order valence-electron chi connectivity index (χ1n) is 6.29. The monoisotopic (exact) mass is 302 g/mol. The molecule has 0 amide bonds. The van der Waals surface area contributed by atoms with E-state index in [2.05, 4.69) is 10.6 Å². The molecule has 4 nitrogen and oxygen atoms in total. The SMILES string of the molecule is Cc1ccc2ccccc2[n+]1CCCCS(=O)(=O)[O-].[Na+]. The summed E-state index contributed by atoms with van der Waals surface area (Å²) in [6.45, 7) is 2.75. The van der Waals surface area contributed by atoms with Crippen molar-refractivity contribution < 1.29 is 47.1 Å². The third-order valence-electron chi connectivity index (χ3n) is 3.18. The van der Waals surface area contributed by atoms with Crippen LogP contribution >= 0.6 is 0 Å². The number of benzene rings is 1. The van der Waals surface area contributed by atoms with E-state index in [-0.39, 0.29) is 35.3 Å². The van der Waals surface area contributed by atoms with Gasteiger partial charge in [0, 0.05) is 36.6 Å². The summed E-state index contributed by atoms with van der Waals surface area (Å²) in [5.41, 5.74) is 2.26. The molecule has 1 aromatic heterocycles. The number of hydrogen-bond acceptors (Lipinski definition) is 3. The largest absolute Gasteiger partial charge is 1.00 e. The van der Waals surface area contributed by atoms with Crippen molar-refractivity contribution in [3.63, 3.8) is 0 Å². The van der Waals surface area contributed by atoms with E-state index in [4.69, 9.17) is 0 Å². The minimum atomic E-state index is -4.09. The first kappa shape index (κ1) is 17.6. The van der Waals surface area contributed by atoms with E-state index < -0.39 is 10.1 Å². The number of fused-ring (bicyclic) bond motifs is 1. The van der Waals surface area contributed by atoms with Gasteiger partial charge in [0.2, 0.25) is 5.52 Å². The van der Waals surface area contributed by atoms with Gasteiger partial charge in [-0.2, -0.15) is 4.57 Å². The second kappa shape index (κ2) is 7.52. The van der Waals surface area contributed by atoms with Gasteiger partial charge in [-0.05, 0) is 18.6 Å². The summed E-state index contributed by atoms with van der Waals surface area (Å²) < 4.78 is 33.8. The molecule has 2 aromatic rings. The average molecular weight is 302 g/mol. The van der Waals surface area contributed by atoms with Crippen molar-refractivity contribution in [1.82, 2.24) is 0 Å². The Hall–Kier alpha value is -0.460. The molecule has 0 fully saturated rings. The topological polar surface area (TPSA) is 61.1 Å². The number of pyridine rings is 1. The van der Waals surface area contributed by atoms with Gasteiger partial charge in [-0.25, -0.2) is 8.42 Å². The maximum Gasteiger partial charge on any atom is 1.00 e. The maximum absolute atomic E-state index is 10.6. The molecule has 0 saturated heterocycles. The molecular weight excluding hydrogens is 285 g/mol. The Balaban J connectivity index is 0.00000200. The van der Waals surface area contributed by atoms with Gasteiger partial charge in [0.25, 0.3) is 0 Å². The molecule has 6 heteroatoms. The molecule has 0 unspecified atom stereocenters. The average Bonchev–Trinajstić information content (AvgIpc) is 2.35. The van der Waals surface area contributed by atoms with Crippen LogP contribution in [0, 0.1) is 6.92 Å². The third kappa shape index (κ3) is 4.82. The second-order valence-electron chi connectivity index (χ2n) is 4.65. The summed E-state index contributed by atoms with van der Waals surface area (Å²) in [6, 6.07) is 12.2. The predicted octanol–water partition coefficient (Wildman–Crippen LogP) is -1.23. The van der Waals surface area contributed by atoms with E-state index in [1.54, 1.807) is 0 Å². The fourth-order valence-corrected chi connectivity index (χ4v) is 2.77. The molecule has 0 atom stereocenters. The molecule has 0 N–H and O–H groups in total. The van der Waals surface area contributed by atoms with Crippen LogP contribution in [0.3, 0.4) is 0 Å². The van der Waals surface area contributed by atoms with Crippen molar-refractivity contribution in [2.24, 2.45) is 0 Å². The molecule has 1 heterocycles. The van der Waals surface area contributed by atoms with Crippen LogP contribution in [-0.2, 0) is 16.7 Å². The molecule has 102 valence electrons. The summed E-state index contributed by atoms with van der Waals surface area (Å²) >= 11 is 0. The van der Waals surface area contributed by atoms with Crippen molar-refractivity contribution in [2.45, 2.75) is 26.3 Å². The van der Waals surface area contributed by atoms with Crippen LogP contribution in [0.15, 0.2) is 36.4 Å². The molecular formula is C14H17NNaO3S+. The summed E-state index contributed by atoms with van der Waals surface area (Å²) in [4.78, 5) is 0. The van der Waals surface area contributed by atoms with Gasteiger partial charge in [-0.3, -0.25) is 0 Å². The molecule has 0 aliphatic heterocycles. The Labute approximate surface area is 141 Å². The molecule has 0 saturated carbocycles. The van der Waals surface area contributed by atoms with Crippen molar-refractivity contribution >= 4 is 21.0 Å². The van der Waals surface area contributed by atoms with E-state index >= 15 is 0 Å². The predicted molar refractivity (Wildman–Crippen MR) is 72.7 cm³/mol. The molecule has 1 aromatic carbocycles. The van der Waals surface area contributed by atoms with Gasteiger partial charge in [0.1, 0.15) is 6.54 Å². The molecule has 0 radical (unpaired) electrons. The minimum Gasteiger partial charge on any atom is -0.748 e. The van der Waals surface area contributed by atoms with Crippen LogP contribution in [0.25, 0.3) is 10.9 Å². The minimum absolute atomic E-state index is 0. The van der Waals surface area contributed by atoms with Gasteiger partial charge in [-0.15, -0.1) is 0 Å². The van der Waals surface area contributed by atoms with Crippen LogP contribution in [0.5, 0.6) is 0 Å². The standard InChI is InChI=1S/C14H17NO3S.Na/c1-12-8-9-13-6-2-3-7-14(13)15(12)10-4-5-11-19(16,17)18;/h2-3,6-9H,4-5,10-11H2,1H3;/q;+1. The Morgan fingerprint density at radius 1 is 1.10 bits per heavy atom. The number of nitrogens with zero attached hydrogens (tertiary/aromatic N) is 1. The fraction of sp³-hybridized carbons (Fsp3) is 0.357. The summed E-state index contributed by atoms with van der Waals surface area (Å²) in [5.74, 6) is -0.280. The molecule has 0 aliphatic carbocycles. The number of aromatic nitrogens is 1. The summed E-state index contributed by atoms with van der Waals surface area (Å²) in [6.07, 6.45) is 1.09. The molecule has 2 rings (SSSR count). The van der Waals surface area contributed by atoms with E-state index in [0.29, 0.717) is 12.8 Å². The maximum atomic E-state index is 10.6. The zero-order valence-corrected chi connectivity index (χ0v) is 14.7. The van der Waals surface area contributed by atoms with Gasteiger partial charge in [0.15, 0.2) is 5.69 Å². The van der Waals surface area contributed by atoms with Crippen LogP contribution in [-0.4, -0.2) is 18.7 Å². The summed E-state index contributed by atoms with van der Waals surface area (Å²) in [7, 11) is -4.09. The Morgan fingerprint density at radius 3 is 2.50 bits per heavy atom. The molecule has 0 bridgehead atoms. The number of rotatable bonds is 5. The molecule has 0 spiro atoms. The van der Waals surface area contributed by atoms with E-state index in [1.165, 1.54) is 0 Å². The van der Waals surface area contributed by atoms with Crippen LogP contribution < -0.4 is 34.1 Å². The van der Waals surface area contributed by atoms with Crippen LogP contribution in [0.4, 0.5) is 0 Å². The number of para-hydroxylation sites is 1. The second-order valence-corrected chi connectivity index (χ2v) is 6.18. The first-order valence-corrected chi connectivity index (χ1v) is 7.87. The Kier molecular flexibility index (Phi) is 6.61.